The standard InChI is InChI=1S/C11H23Cl2OSi/c1-4-5-6-7-8-9-10(11(12)13)14-15(2)3/h10-11H,4-9H2,1-3H3. The molecule has 1 nitrogen and oxygen atoms in total. The average molecular weight is 270 g/mol. The maximum atomic E-state index is 5.88. The Balaban J connectivity index is 3.58. The molecule has 0 bridgehead atoms. The fourth-order valence-corrected chi connectivity index (χ4v) is 2.87. The summed E-state index contributed by atoms with van der Waals surface area (Å²) in [7, 11) is -0.693. The van der Waals surface area contributed by atoms with Gasteiger partial charge in [0.05, 0.1) is 6.10 Å². The molecule has 0 spiro atoms. The molecule has 0 aromatic heterocycles. The lowest BCUT2D eigenvalue weighted by Gasteiger charge is -2.20. The highest BCUT2D eigenvalue weighted by Gasteiger charge is 2.18. The molecule has 0 aliphatic carbocycles. The molecule has 1 unspecified atom stereocenters. The van der Waals surface area contributed by atoms with Gasteiger partial charge >= 0.3 is 0 Å². The maximum Gasteiger partial charge on any atom is 0.205 e. The van der Waals surface area contributed by atoms with Crippen molar-refractivity contribution in [2.45, 2.75) is 69.5 Å². The van der Waals surface area contributed by atoms with Crippen molar-refractivity contribution in [1.29, 1.82) is 0 Å². The van der Waals surface area contributed by atoms with Crippen molar-refractivity contribution in [3.8, 4) is 0 Å². The van der Waals surface area contributed by atoms with Gasteiger partial charge in [-0.3, -0.25) is 0 Å². The minimum absolute atomic E-state index is 0.0406. The lowest BCUT2D eigenvalue weighted by Crippen LogP contribution is -2.26. The quantitative estimate of drug-likeness (QED) is 0.332. The SMILES string of the molecule is CCCCCCCC(O[Si](C)C)C(Cl)Cl. The van der Waals surface area contributed by atoms with Crippen LogP contribution >= 0.6 is 23.2 Å². The molecule has 0 aromatic carbocycles. The number of alkyl halides is 2. The largest absolute Gasteiger partial charge is 0.412 e. The molecule has 0 N–H and O–H groups in total. The first-order valence-electron chi connectivity index (χ1n) is 5.82. The topological polar surface area (TPSA) is 9.23 Å². The highest BCUT2D eigenvalue weighted by Crippen LogP contribution is 2.19. The Labute approximate surface area is 106 Å². The Morgan fingerprint density at radius 3 is 2.13 bits per heavy atom. The molecule has 0 aromatic rings. The summed E-state index contributed by atoms with van der Waals surface area (Å²) < 4.78 is 5.76. The Hall–Kier alpha value is 0.757. The highest BCUT2D eigenvalue weighted by molar-refractivity contribution is 6.49. The molecule has 0 heterocycles. The molecule has 0 saturated carbocycles. The average Bonchev–Trinajstić information content (AvgIpc) is 2.15. The summed E-state index contributed by atoms with van der Waals surface area (Å²) >= 11 is 11.8. The van der Waals surface area contributed by atoms with E-state index in [-0.39, 0.29) is 10.9 Å². The molecule has 0 aliphatic heterocycles. The van der Waals surface area contributed by atoms with E-state index in [1.165, 1.54) is 32.1 Å². The summed E-state index contributed by atoms with van der Waals surface area (Å²) in [5, 5.41) is 0. The first kappa shape index (κ1) is 15.8. The van der Waals surface area contributed by atoms with Crippen molar-refractivity contribution in [3.63, 3.8) is 0 Å². The van der Waals surface area contributed by atoms with E-state index in [2.05, 4.69) is 20.0 Å². The van der Waals surface area contributed by atoms with Gasteiger partial charge < -0.3 is 4.43 Å². The monoisotopic (exact) mass is 269 g/mol. The number of rotatable bonds is 9. The molecule has 1 atom stereocenters. The van der Waals surface area contributed by atoms with E-state index in [0.29, 0.717) is 0 Å². The van der Waals surface area contributed by atoms with Crippen LogP contribution in [0.5, 0.6) is 0 Å². The van der Waals surface area contributed by atoms with Crippen LogP contribution in [-0.2, 0) is 4.43 Å². The van der Waals surface area contributed by atoms with E-state index in [1.807, 2.05) is 0 Å². The molecule has 0 rings (SSSR count). The zero-order valence-electron chi connectivity index (χ0n) is 10.1. The molecule has 15 heavy (non-hydrogen) atoms. The van der Waals surface area contributed by atoms with E-state index in [9.17, 15) is 0 Å². The van der Waals surface area contributed by atoms with Crippen LogP contribution in [0.1, 0.15) is 45.4 Å². The molecule has 91 valence electrons. The molecular formula is C11H23Cl2OSi. The lowest BCUT2D eigenvalue weighted by molar-refractivity contribution is 0.203. The fourth-order valence-electron chi connectivity index (χ4n) is 1.49. The lowest BCUT2D eigenvalue weighted by atomic mass is 10.1. The van der Waals surface area contributed by atoms with Crippen molar-refractivity contribution < 1.29 is 4.43 Å². The van der Waals surface area contributed by atoms with Gasteiger partial charge in [-0.2, -0.15) is 0 Å². The number of halogens is 2. The van der Waals surface area contributed by atoms with Crippen LogP contribution in [0.3, 0.4) is 0 Å². The molecule has 4 heteroatoms. The second-order valence-electron chi connectivity index (χ2n) is 4.10. The van der Waals surface area contributed by atoms with E-state index < -0.39 is 9.04 Å². The minimum Gasteiger partial charge on any atom is -0.412 e. The van der Waals surface area contributed by atoms with Crippen LogP contribution in [0.25, 0.3) is 0 Å². The van der Waals surface area contributed by atoms with Gasteiger partial charge in [0.15, 0.2) is 0 Å². The van der Waals surface area contributed by atoms with Crippen molar-refractivity contribution in [2.24, 2.45) is 0 Å². The third-order valence-electron chi connectivity index (χ3n) is 2.26. The second kappa shape index (κ2) is 9.95. The van der Waals surface area contributed by atoms with E-state index in [4.69, 9.17) is 27.6 Å². The molecule has 1 radical (unpaired) electrons. The van der Waals surface area contributed by atoms with Crippen molar-refractivity contribution in [3.05, 3.63) is 0 Å². The summed E-state index contributed by atoms with van der Waals surface area (Å²) in [6.07, 6.45) is 7.40. The van der Waals surface area contributed by atoms with E-state index in [1.54, 1.807) is 0 Å². The summed E-state index contributed by atoms with van der Waals surface area (Å²) in [5.41, 5.74) is 0. The maximum absolute atomic E-state index is 5.88. The summed E-state index contributed by atoms with van der Waals surface area (Å²) in [5.74, 6) is 0. The molecular weight excluding hydrogens is 247 g/mol. The Morgan fingerprint density at radius 1 is 1.07 bits per heavy atom. The fraction of sp³-hybridized carbons (Fsp3) is 1.00. The van der Waals surface area contributed by atoms with Crippen LogP contribution in [0.15, 0.2) is 0 Å². The van der Waals surface area contributed by atoms with Crippen molar-refractivity contribution >= 4 is 32.2 Å². The van der Waals surface area contributed by atoms with Gasteiger partial charge in [0.2, 0.25) is 9.04 Å². The smallest absolute Gasteiger partial charge is 0.205 e. The minimum atomic E-state index is -0.693. The van der Waals surface area contributed by atoms with Gasteiger partial charge in [-0.15, -0.1) is 23.2 Å². The summed E-state index contributed by atoms with van der Waals surface area (Å²) in [4.78, 5) is -0.379. The Bertz CT molecular complexity index is 143. The highest BCUT2D eigenvalue weighted by atomic mass is 35.5. The summed E-state index contributed by atoms with van der Waals surface area (Å²) in [6.45, 7) is 6.46. The third-order valence-corrected chi connectivity index (χ3v) is 3.60. The Morgan fingerprint density at radius 2 is 1.67 bits per heavy atom. The van der Waals surface area contributed by atoms with Gasteiger partial charge in [0.25, 0.3) is 0 Å². The first-order valence-corrected chi connectivity index (χ1v) is 9.11. The predicted octanol–water partition coefficient (Wildman–Crippen LogP) is 4.79. The summed E-state index contributed by atoms with van der Waals surface area (Å²) in [6, 6.07) is 0. The Kier molecular flexibility index (Phi) is 10.4. The van der Waals surface area contributed by atoms with Gasteiger partial charge in [0.1, 0.15) is 4.84 Å². The first-order chi connectivity index (χ1) is 7.07. The van der Waals surface area contributed by atoms with Gasteiger partial charge in [-0.05, 0) is 19.5 Å². The van der Waals surface area contributed by atoms with Crippen LogP contribution in [0.2, 0.25) is 13.1 Å². The number of hydrogen-bond acceptors (Lipinski definition) is 1. The molecule has 0 amide bonds. The normalized spacial score (nSPS) is 13.8. The van der Waals surface area contributed by atoms with Gasteiger partial charge in [-0.1, -0.05) is 39.0 Å². The van der Waals surface area contributed by atoms with Crippen molar-refractivity contribution in [1.82, 2.24) is 0 Å². The van der Waals surface area contributed by atoms with Crippen LogP contribution < -0.4 is 0 Å². The van der Waals surface area contributed by atoms with Crippen LogP contribution in [0.4, 0.5) is 0 Å². The predicted molar refractivity (Wildman–Crippen MR) is 71.2 cm³/mol. The van der Waals surface area contributed by atoms with E-state index >= 15 is 0 Å². The zero-order valence-corrected chi connectivity index (χ0v) is 12.6. The van der Waals surface area contributed by atoms with Crippen LogP contribution in [0, 0.1) is 0 Å². The zero-order chi connectivity index (χ0) is 11.7. The molecule has 0 fully saturated rings. The third kappa shape index (κ3) is 9.67. The molecule has 0 saturated heterocycles. The molecule has 0 aliphatic rings. The second-order valence-corrected chi connectivity index (χ2v) is 7.32. The number of unbranched alkanes of at least 4 members (excludes halogenated alkanes) is 4. The number of hydrogen-bond donors (Lipinski definition) is 0. The van der Waals surface area contributed by atoms with Crippen molar-refractivity contribution in [2.75, 3.05) is 0 Å². The van der Waals surface area contributed by atoms with Gasteiger partial charge in [-0.25, -0.2) is 0 Å². The van der Waals surface area contributed by atoms with Gasteiger partial charge in [0, 0.05) is 0 Å². The van der Waals surface area contributed by atoms with E-state index in [0.717, 1.165) is 6.42 Å². The van der Waals surface area contributed by atoms with Crippen LogP contribution in [-0.4, -0.2) is 20.0 Å².